The van der Waals surface area contributed by atoms with E-state index in [1.807, 2.05) is 26.0 Å². The topological polar surface area (TPSA) is 35.2 Å². The highest BCUT2D eigenvalue weighted by molar-refractivity contribution is 7.80. The second kappa shape index (κ2) is 6.01. The molecule has 0 amide bonds. The number of aryl methyl sites for hydroxylation is 2. The van der Waals surface area contributed by atoms with Crippen LogP contribution in [0.3, 0.4) is 0 Å². The van der Waals surface area contributed by atoms with E-state index in [1.165, 1.54) is 6.07 Å². The minimum atomic E-state index is -0.462. The van der Waals surface area contributed by atoms with E-state index in [-0.39, 0.29) is 10.6 Å². The molecule has 2 N–H and O–H groups in total. The van der Waals surface area contributed by atoms with Crippen molar-refractivity contribution in [3.8, 4) is 5.75 Å². The van der Waals surface area contributed by atoms with Crippen LogP contribution < -0.4 is 10.5 Å². The number of hydrogen-bond donors (Lipinski definition) is 1. The Morgan fingerprint density at radius 2 is 2.00 bits per heavy atom. The van der Waals surface area contributed by atoms with Crippen molar-refractivity contribution in [2.24, 2.45) is 5.73 Å². The zero-order valence-electron chi connectivity index (χ0n) is 11.4. The molecule has 0 saturated carbocycles. The summed E-state index contributed by atoms with van der Waals surface area (Å²) in [7, 11) is 0. The van der Waals surface area contributed by atoms with Crippen LogP contribution in [0, 0.1) is 19.7 Å². The SMILES string of the molecule is Cc1ccc(C)c(COc2cccc(F)c2C(N)=S)c1. The summed E-state index contributed by atoms with van der Waals surface area (Å²) >= 11 is 4.87. The van der Waals surface area contributed by atoms with Crippen LogP contribution in [0.15, 0.2) is 36.4 Å². The third kappa shape index (κ3) is 3.14. The molecule has 0 aliphatic rings. The van der Waals surface area contributed by atoms with E-state index < -0.39 is 5.82 Å². The zero-order valence-corrected chi connectivity index (χ0v) is 12.3. The number of ether oxygens (including phenoxy) is 1. The van der Waals surface area contributed by atoms with Gasteiger partial charge in [0.15, 0.2) is 0 Å². The highest BCUT2D eigenvalue weighted by Crippen LogP contribution is 2.23. The van der Waals surface area contributed by atoms with Gasteiger partial charge in [-0.3, -0.25) is 0 Å². The summed E-state index contributed by atoms with van der Waals surface area (Å²) < 4.78 is 19.4. The standard InChI is InChI=1S/C16H16FNOS/c1-10-6-7-11(2)12(8-10)9-19-14-5-3-4-13(17)15(14)16(18)20/h3-8H,9H2,1-2H3,(H2,18,20). The van der Waals surface area contributed by atoms with E-state index in [2.05, 4.69) is 6.07 Å². The van der Waals surface area contributed by atoms with Gasteiger partial charge in [-0.1, -0.05) is 42.0 Å². The normalized spacial score (nSPS) is 10.3. The molecule has 4 heteroatoms. The van der Waals surface area contributed by atoms with Crippen LogP contribution in [0.1, 0.15) is 22.3 Å². The van der Waals surface area contributed by atoms with E-state index in [1.54, 1.807) is 12.1 Å². The number of halogens is 1. The van der Waals surface area contributed by atoms with Crippen molar-refractivity contribution in [1.29, 1.82) is 0 Å². The van der Waals surface area contributed by atoms with Crippen molar-refractivity contribution in [3.63, 3.8) is 0 Å². The average molecular weight is 289 g/mol. The van der Waals surface area contributed by atoms with Crippen LogP contribution in [-0.2, 0) is 6.61 Å². The Labute approximate surface area is 123 Å². The van der Waals surface area contributed by atoms with Crippen LogP contribution in [0.4, 0.5) is 4.39 Å². The Morgan fingerprint density at radius 3 is 2.70 bits per heavy atom. The predicted molar refractivity (Wildman–Crippen MR) is 82.5 cm³/mol. The van der Waals surface area contributed by atoms with Crippen molar-refractivity contribution in [2.45, 2.75) is 20.5 Å². The number of nitrogens with two attached hydrogens (primary N) is 1. The van der Waals surface area contributed by atoms with Gasteiger partial charge in [-0.05, 0) is 37.1 Å². The van der Waals surface area contributed by atoms with E-state index in [0.29, 0.717) is 12.4 Å². The summed E-state index contributed by atoms with van der Waals surface area (Å²) in [6.07, 6.45) is 0. The number of benzene rings is 2. The van der Waals surface area contributed by atoms with Gasteiger partial charge in [0.25, 0.3) is 0 Å². The summed E-state index contributed by atoms with van der Waals surface area (Å²) in [5.41, 5.74) is 9.05. The van der Waals surface area contributed by atoms with Gasteiger partial charge in [0.05, 0.1) is 5.56 Å². The molecule has 0 radical (unpaired) electrons. The predicted octanol–water partition coefficient (Wildman–Crippen LogP) is 3.66. The number of rotatable bonds is 4. The molecule has 0 heterocycles. The average Bonchev–Trinajstić information content (AvgIpc) is 2.39. The molecule has 0 aliphatic carbocycles. The highest BCUT2D eigenvalue weighted by Gasteiger charge is 2.12. The Kier molecular flexibility index (Phi) is 4.35. The quantitative estimate of drug-likeness (QED) is 0.873. The molecule has 2 aromatic carbocycles. The monoisotopic (exact) mass is 289 g/mol. The number of thiocarbonyl (C=S) groups is 1. The van der Waals surface area contributed by atoms with Crippen molar-refractivity contribution in [3.05, 3.63) is 64.5 Å². The fourth-order valence-electron chi connectivity index (χ4n) is 1.98. The highest BCUT2D eigenvalue weighted by atomic mass is 32.1. The molecular formula is C16H16FNOS. The first-order valence-corrected chi connectivity index (χ1v) is 6.67. The fraction of sp³-hybridized carbons (Fsp3) is 0.188. The van der Waals surface area contributed by atoms with E-state index in [4.69, 9.17) is 22.7 Å². The van der Waals surface area contributed by atoms with Crippen molar-refractivity contribution in [2.75, 3.05) is 0 Å². The molecule has 2 nitrogen and oxygen atoms in total. The molecule has 0 spiro atoms. The van der Waals surface area contributed by atoms with Gasteiger partial charge in [0.1, 0.15) is 23.2 Å². The third-order valence-corrected chi connectivity index (χ3v) is 3.31. The van der Waals surface area contributed by atoms with E-state index in [9.17, 15) is 4.39 Å². The second-order valence-corrected chi connectivity index (χ2v) is 5.14. The summed E-state index contributed by atoms with van der Waals surface area (Å²) in [6, 6.07) is 10.7. The van der Waals surface area contributed by atoms with Gasteiger partial charge in [-0.15, -0.1) is 0 Å². The molecule has 0 aromatic heterocycles. The Balaban J connectivity index is 2.25. The van der Waals surface area contributed by atoms with Crippen molar-refractivity contribution >= 4 is 17.2 Å². The van der Waals surface area contributed by atoms with Crippen LogP contribution in [-0.4, -0.2) is 4.99 Å². The molecule has 0 unspecified atom stereocenters. The number of hydrogen-bond acceptors (Lipinski definition) is 2. The third-order valence-electron chi connectivity index (χ3n) is 3.11. The molecule has 104 valence electrons. The molecule has 0 fully saturated rings. The van der Waals surface area contributed by atoms with Crippen LogP contribution in [0.25, 0.3) is 0 Å². The van der Waals surface area contributed by atoms with E-state index in [0.717, 1.165) is 16.7 Å². The lowest BCUT2D eigenvalue weighted by Crippen LogP contribution is -2.14. The minimum Gasteiger partial charge on any atom is -0.488 e. The zero-order chi connectivity index (χ0) is 14.7. The van der Waals surface area contributed by atoms with Crippen LogP contribution in [0.5, 0.6) is 5.75 Å². The van der Waals surface area contributed by atoms with Gasteiger partial charge in [-0.2, -0.15) is 0 Å². The maximum atomic E-state index is 13.7. The van der Waals surface area contributed by atoms with Gasteiger partial charge in [0.2, 0.25) is 0 Å². The Hall–Kier alpha value is -1.94. The summed E-state index contributed by atoms with van der Waals surface area (Å²) in [6.45, 7) is 4.39. The minimum absolute atomic E-state index is 0.000867. The second-order valence-electron chi connectivity index (χ2n) is 4.70. The molecule has 0 atom stereocenters. The van der Waals surface area contributed by atoms with Crippen molar-refractivity contribution < 1.29 is 9.13 Å². The molecule has 0 aliphatic heterocycles. The summed E-state index contributed by atoms with van der Waals surface area (Å²) in [5, 5.41) is 0. The Morgan fingerprint density at radius 1 is 1.25 bits per heavy atom. The van der Waals surface area contributed by atoms with Crippen LogP contribution in [0.2, 0.25) is 0 Å². The first-order valence-electron chi connectivity index (χ1n) is 6.26. The van der Waals surface area contributed by atoms with Gasteiger partial charge in [-0.25, -0.2) is 4.39 Å². The summed E-state index contributed by atoms with van der Waals surface area (Å²) in [4.78, 5) is -0.000867. The van der Waals surface area contributed by atoms with Gasteiger partial charge >= 0.3 is 0 Å². The molecular weight excluding hydrogens is 273 g/mol. The lowest BCUT2D eigenvalue weighted by Gasteiger charge is -2.13. The largest absolute Gasteiger partial charge is 0.488 e. The maximum absolute atomic E-state index is 13.7. The van der Waals surface area contributed by atoms with Gasteiger partial charge in [0, 0.05) is 0 Å². The van der Waals surface area contributed by atoms with Gasteiger partial charge < -0.3 is 10.5 Å². The molecule has 2 rings (SSSR count). The first kappa shape index (κ1) is 14.5. The van der Waals surface area contributed by atoms with E-state index >= 15 is 0 Å². The molecule has 0 saturated heterocycles. The maximum Gasteiger partial charge on any atom is 0.137 e. The molecule has 0 bridgehead atoms. The lowest BCUT2D eigenvalue weighted by molar-refractivity contribution is 0.303. The first-order chi connectivity index (χ1) is 9.49. The fourth-order valence-corrected chi connectivity index (χ4v) is 2.17. The smallest absolute Gasteiger partial charge is 0.137 e. The Bertz CT molecular complexity index is 655. The van der Waals surface area contributed by atoms with Crippen LogP contribution >= 0.6 is 12.2 Å². The molecule has 20 heavy (non-hydrogen) atoms. The molecule has 2 aromatic rings. The summed E-state index contributed by atoms with van der Waals surface area (Å²) in [5.74, 6) is -0.0885. The van der Waals surface area contributed by atoms with Crippen molar-refractivity contribution in [1.82, 2.24) is 0 Å². The lowest BCUT2D eigenvalue weighted by atomic mass is 10.1.